The predicted molar refractivity (Wildman–Crippen MR) is 107 cm³/mol. The molecule has 2 N–H and O–H groups in total. The molecular weight excluding hydrogens is 421 g/mol. The van der Waals surface area contributed by atoms with E-state index in [1.807, 2.05) is 52.0 Å². The number of nitrogens with one attached hydrogen (secondary N) is 2. The van der Waals surface area contributed by atoms with Crippen molar-refractivity contribution in [1.29, 1.82) is 0 Å². The van der Waals surface area contributed by atoms with Crippen LogP contribution < -0.4 is 15.4 Å². The molecule has 0 radical (unpaired) electrons. The third kappa shape index (κ3) is 8.95. The highest BCUT2D eigenvalue weighted by atomic mass is 127. The average Bonchev–Trinajstić information content (AvgIpc) is 2.47. The lowest BCUT2D eigenvalue weighted by Crippen LogP contribution is -2.41. The number of hydrogen-bond acceptors (Lipinski definition) is 4. The summed E-state index contributed by atoms with van der Waals surface area (Å²) in [6.45, 7) is 8.68. The van der Waals surface area contributed by atoms with Crippen LogP contribution in [0.2, 0.25) is 0 Å². The first-order valence-corrected chi connectivity index (χ1v) is 7.72. The van der Waals surface area contributed by atoms with E-state index >= 15 is 0 Å². The Bertz CT molecular complexity index is 542. The molecule has 7 heteroatoms. The summed E-state index contributed by atoms with van der Waals surface area (Å²) in [5.41, 5.74) is 0.529. The highest BCUT2D eigenvalue weighted by Gasteiger charge is 2.16. The standard InChI is InChI=1S/C17H27N3O3.HI/c1-6-22-14-10-8-7-9-13(14)11-19-16(18-5)20-12-15(21)23-17(2,3)4;/h7-10H,6,11-12H2,1-5H3,(H2,18,19,20);1H. The first-order valence-electron chi connectivity index (χ1n) is 7.72. The smallest absolute Gasteiger partial charge is 0.325 e. The van der Waals surface area contributed by atoms with E-state index in [9.17, 15) is 4.79 Å². The second-order valence-corrected chi connectivity index (χ2v) is 5.91. The van der Waals surface area contributed by atoms with Gasteiger partial charge < -0.3 is 20.1 Å². The SMILES string of the molecule is CCOc1ccccc1CNC(=NC)NCC(=O)OC(C)(C)C.I. The number of aliphatic imine (C=N–C) groups is 1. The molecular formula is C17H28IN3O3. The van der Waals surface area contributed by atoms with Gasteiger partial charge in [-0.3, -0.25) is 9.79 Å². The highest BCUT2D eigenvalue weighted by Crippen LogP contribution is 2.17. The monoisotopic (exact) mass is 449 g/mol. The van der Waals surface area contributed by atoms with E-state index in [0.29, 0.717) is 19.1 Å². The van der Waals surface area contributed by atoms with Crippen LogP contribution in [0.1, 0.15) is 33.3 Å². The number of carbonyl (C=O) groups excluding carboxylic acids is 1. The molecule has 136 valence electrons. The van der Waals surface area contributed by atoms with E-state index < -0.39 is 5.60 Å². The zero-order chi connectivity index (χ0) is 17.3. The molecule has 0 saturated carbocycles. The molecule has 1 aromatic carbocycles. The number of nitrogens with zero attached hydrogens (tertiary/aromatic N) is 1. The van der Waals surface area contributed by atoms with Crippen LogP contribution in [0.3, 0.4) is 0 Å². The van der Waals surface area contributed by atoms with Crippen molar-refractivity contribution in [1.82, 2.24) is 10.6 Å². The number of para-hydroxylation sites is 1. The van der Waals surface area contributed by atoms with Crippen LogP contribution in [0.25, 0.3) is 0 Å². The lowest BCUT2D eigenvalue weighted by Gasteiger charge is -2.20. The van der Waals surface area contributed by atoms with Crippen molar-refractivity contribution in [3.8, 4) is 5.75 Å². The second-order valence-electron chi connectivity index (χ2n) is 5.91. The molecule has 0 atom stereocenters. The summed E-state index contributed by atoms with van der Waals surface area (Å²) >= 11 is 0. The number of rotatable bonds is 6. The Hall–Kier alpha value is -1.51. The third-order valence-corrected chi connectivity index (χ3v) is 2.76. The molecule has 1 rings (SSSR count). The average molecular weight is 449 g/mol. The van der Waals surface area contributed by atoms with Crippen LogP contribution in [0.5, 0.6) is 5.75 Å². The largest absolute Gasteiger partial charge is 0.494 e. The third-order valence-electron chi connectivity index (χ3n) is 2.76. The minimum absolute atomic E-state index is 0. The van der Waals surface area contributed by atoms with Gasteiger partial charge in [0.25, 0.3) is 0 Å². The van der Waals surface area contributed by atoms with Gasteiger partial charge in [0, 0.05) is 19.2 Å². The van der Waals surface area contributed by atoms with Crippen LogP contribution in [-0.2, 0) is 16.1 Å². The molecule has 0 aliphatic carbocycles. The number of ether oxygens (including phenoxy) is 2. The van der Waals surface area contributed by atoms with E-state index in [1.54, 1.807) is 7.05 Å². The van der Waals surface area contributed by atoms with Gasteiger partial charge in [-0.25, -0.2) is 0 Å². The van der Waals surface area contributed by atoms with Crippen LogP contribution in [0.4, 0.5) is 0 Å². The first-order chi connectivity index (χ1) is 10.9. The fraction of sp³-hybridized carbons (Fsp3) is 0.529. The zero-order valence-corrected chi connectivity index (χ0v) is 17.3. The molecule has 1 aromatic rings. The number of hydrogen-bond donors (Lipinski definition) is 2. The van der Waals surface area contributed by atoms with Gasteiger partial charge in [0.15, 0.2) is 5.96 Å². The van der Waals surface area contributed by atoms with E-state index in [0.717, 1.165) is 11.3 Å². The van der Waals surface area contributed by atoms with Crippen molar-refractivity contribution in [2.24, 2.45) is 4.99 Å². The molecule has 0 saturated heterocycles. The van der Waals surface area contributed by atoms with Crippen LogP contribution in [-0.4, -0.2) is 37.7 Å². The maximum atomic E-state index is 11.7. The molecule has 0 fully saturated rings. The predicted octanol–water partition coefficient (Wildman–Crippen LogP) is 2.71. The number of guanidine groups is 1. The van der Waals surface area contributed by atoms with E-state index in [-0.39, 0.29) is 36.5 Å². The van der Waals surface area contributed by atoms with Gasteiger partial charge in [0.2, 0.25) is 0 Å². The fourth-order valence-electron chi connectivity index (χ4n) is 1.88. The lowest BCUT2D eigenvalue weighted by molar-refractivity contribution is -0.153. The Labute approximate surface area is 161 Å². The van der Waals surface area contributed by atoms with E-state index in [2.05, 4.69) is 15.6 Å². The molecule has 0 spiro atoms. The molecule has 0 aliphatic rings. The summed E-state index contributed by atoms with van der Waals surface area (Å²) in [6, 6.07) is 7.80. The molecule has 24 heavy (non-hydrogen) atoms. The van der Waals surface area contributed by atoms with Crippen LogP contribution in [0.15, 0.2) is 29.3 Å². The number of carbonyl (C=O) groups is 1. The summed E-state index contributed by atoms with van der Waals surface area (Å²) in [6.07, 6.45) is 0. The molecule has 0 amide bonds. The second kappa shape index (κ2) is 11.1. The van der Waals surface area contributed by atoms with Gasteiger partial charge in [-0.1, -0.05) is 18.2 Å². The first kappa shape index (κ1) is 22.5. The molecule has 0 bridgehead atoms. The van der Waals surface area contributed by atoms with E-state index in [1.165, 1.54) is 0 Å². The Morgan fingerprint density at radius 2 is 1.88 bits per heavy atom. The van der Waals surface area contributed by atoms with Gasteiger partial charge in [0.05, 0.1) is 6.61 Å². The minimum atomic E-state index is -0.494. The van der Waals surface area contributed by atoms with Crippen molar-refractivity contribution < 1.29 is 14.3 Å². The maximum absolute atomic E-state index is 11.7. The summed E-state index contributed by atoms with van der Waals surface area (Å²) < 4.78 is 10.8. The van der Waals surface area contributed by atoms with Crippen LogP contribution in [0, 0.1) is 0 Å². The summed E-state index contributed by atoms with van der Waals surface area (Å²) in [5.74, 6) is 1.04. The molecule has 0 aromatic heterocycles. The Morgan fingerprint density at radius 1 is 1.21 bits per heavy atom. The molecule has 6 nitrogen and oxygen atoms in total. The van der Waals surface area contributed by atoms with Crippen molar-refractivity contribution >= 4 is 35.9 Å². The van der Waals surface area contributed by atoms with Gasteiger partial charge in [-0.15, -0.1) is 24.0 Å². The Kier molecular flexibility index (Phi) is 10.4. The topological polar surface area (TPSA) is 72.0 Å². The fourth-order valence-corrected chi connectivity index (χ4v) is 1.88. The Morgan fingerprint density at radius 3 is 2.46 bits per heavy atom. The number of benzene rings is 1. The Balaban J connectivity index is 0.00000529. The highest BCUT2D eigenvalue weighted by molar-refractivity contribution is 14.0. The van der Waals surface area contributed by atoms with E-state index in [4.69, 9.17) is 9.47 Å². The normalized spacial score (nSPS) is 11.3. The molecule has 0 unspecified atom stereocenters. The summed E-state index contributed by atoms with van der Waals surface area (Å²) in [7, 11) is 1.65. The minimum Gasteiger partial charge on any atom is -0.494 e. The van der Waals surface area contributed by atoms with Crippen molar-refractivity contribution in [3.63, 3.8) is 0 Å². The number of esters is 1. The zero-order valence-electron chi connectivity index (χ0n) is 15.0. The van der Waals surface area contributed by atoms with Crippen LogP contribution >= 0.6 is 24.0 Å². The van der Waals surface area contributed by atoms with Crippen molar-refractivity contribution in [3.05, 3.63) is 29.8 Å². The summed E-state index contributed by atoms with van der Waals surface area (Å²) in [4.78, 5) is 15.8. The quantitative estimate of drug-likeness (QED) is 0.303. The molecule has 0 aliphatic heterocycles. The van der Waals surface area contributed by atoms with Crippen molar-refractivity contribution in [2.75, 3.05) is 20.2 Å². The number of halogens is 1. The molecule has 0 heterocycles. The summed E-state index contributed by atoms with van der Waals surface area (Å²) in [5, 5.41) is 6.09. The maximum Gasteiger partial charge on any atom is 0.325 e. The lowest BCUT2D eigenvalue weighted by atomic mass is 10.2. The van der Waals surface area contributed by atoms with Gasteiger partial charge in [-0.05, 0) is 33.8 Å². The van der Waals surface area contributed by atoms with Crippen molar-refractivity contribution in [2.45, 2.75) is 39.8 Å². The van der Waals surface area contributed by atoms with Gasteiger partial charge >= 0.3 is 5.97 Å². The van der Waals surface area contributed by atoms with Gasteiger partial charge in [0.1, 0.15) is 17.9 Å². The van der Waals surface area contributed by atoms with Gasteiger partial charge in [-0.2, -0.15) is 0 Å².